The summed E-state index contributed by atoms with van der Waals surface area (Å²) in [7, 11) is -5.81. The fraction of sp³-hybridized carbons (Fsp3) is 0.536. The lowest BCUT2D eigenvalue weighted by Gasteiger charge is -2.38. The number of rotatable bonds is 6. The SMILES string of the molecule is CC(=O)N1CC[C@H]2CC[C@@H](C(=O)NC3CN(C(C)=O)C[C@@H]3O)N2C(=O)C(NC(=O)c2cc3cc(C(F)(F)P(=O)(O)O)ccc3s2)C1. The number of aliphatic hydroxyl groups excluding tert-OH is 1. The van der Waals surface area contributed by atoms with Crippen LogP contribution in [0.1, 0.15) is 48.3 Å². The maximum atomic E-state index is 14.3. The first kappa shape index (κ1) is 33.9. The normalized spacial score (nSPS) is 25.7. The molecular formula is C28H34F2N5O9PS. The average Bonchev–Trinajstić information content (AvgIpc) is 3.69. The highest BCUT2D eigenvalue weighted by Crippen LogP contribution is 2.59. The van der Waals surface area contributed by atoms with Crippen molar-refractivity contribution in [2.75, 3.05) is 26.2 Å². The third-order valence-electron chi connectivity index (χ3n) is 8.76. The van der Waals surface area contributed by atoms with Gasteiger partial charge in [0.05, 0.1) is 17.0 Å². The number of thiophene rings is 1. The van der Waals surface area contributed by atoms with Crippen molar-refractivity contribution in [2.45, 2.75) is 69.0 Å². The van der Waals surface area contributed by atoms with Gasteiger partial charge in [0.1, 0.15) is 12.1 Å². The summed E-state index contributed by atoms with van der Waals surface area (Å²) < 4.78 is 40.3. The fourth-order valence-electron chi connectivity index (χ4n) is 6.23. The first-order valence-electron chi connectivity index (χ1n) is 14.6. The van der Waals surface area contributed by atoms with Crippen LogP contribution in [0.2, 0.25) is 0 Å². The lowest BCUT2D eigenvalue weighted by molar-refractivity contribution is -0.145. The first-order chi connectivity index (χ1) is 21.5. The smallest absolute Gasteiger partial charge is 0.389 e. The lowest BCUT2D eigenvalue weighted by Crippen LogP contribution is -2.61. The number of carbonyl (C=O) groups is 5. The molecule has 1 aromatic heterocycles. The Bertz CT molecular complexity index is 1630. The van der Waals surface area contributed by atoms with Crippen LogP contribution in [-0.2, 0) is 29.4 Å². The van der Waals surface area contributed by atoms with Crippen LogP contribution >= 0.6 is 18.9 Å². The summed E-state index contributed by atoms with van der Waals surface area (Å²) in [5.74, 6) is -2.42. The number of aliphatic hydroxyl groups is 1. The van der Waals surface area contributed by atoms with Crippen molar-refractivity contribution in [1.82, 2.24) is 25.3 Å². The molecule has 5 atom stereocenters. The zero-order chi connectivity index (χ0) is 33.7. The third-order valence-corrected chi connectivity index (χ3v) is 10.9. The molecule has 0 aliphatic carbocycles. The molecule has 3 saturated heterocycles. The minimum absolute atomic E-state index is 0.0217. The van der Waals surface area contributed by atoms with Gasteiger partial charge in [0.25, 0.3) is 5.91 Å². The van der Waals surface area contributed by atoms with Crippen LogP contribution in [0.15, 0.2) is 24.3 Å². The molecule has 0 bridgehead atoms. The second-order valence-electron chi connectivity index (χ2n) is 11.8. The highest BCUT2D eigenvalue weighted by Gasteiger charge is 2.50. The number of nitrogens with zero attached hydrogens (tertiary/aromatic N) is 3. The van der Waals surface area contributed by atoms with Crippen LogP contribution in [0.5, 0.6) is 0 Å². The fourth-order valence-corrected chi connectivity index (χ4v) is 7.65. The van der Waals surface area contributed by atoms with E-state index in [2.05, 4.69) is 10.6 Å². The van der Waals surface area contributed by atoms with Crippen LogP contribution < -0.4 is 10.6 Å². The molecule has 46 heavy (non-hydrogen) atoms. The number of fused-ring (bicyclic) bond motifs is 2. The molecule has 18 heteroatoms. The summed E-state index contributed by atoms with van der Waals surface area (Å²) in [4.78, 5) is 87.5. The van der Waals surface area contributed by atoms with Crippen LogP contribution in [-0.4, -0.2) is 116 Å². The Hall–Kier alpha value is -3.50. The third kappa shape index (κ3) is 6.51. The molecule has 2 unspecified atom stereocenters. The number of alkyl halides is 2. The number of likely N-dealkylation sites (tertiary alicyclic amines) is 1. The van der Waals surface area contributed by atoms with Crippen molar-refractivity contribution < 1.29 is 52.2 Å². The topological polar surface area (TPSA) is 197 Å². The number of benzene rings is 1. The predicted octanol–water partition coefficient (Wildman–Crippen LogP) is 0.546. The Kier molecular flexibility index (Phi) is 9.27. The van der Waals surface area contributed by atoms with Gasteiger partial charge >= 0.3 is 13.3 Å². The Labute approximate surface area is 265 Å². The van der Waals surface area contributed by atoms with Gasteiger partial charge in [-0.15, -0.1) is 11.3 Å². The second-order valence-corrected chi connectivity index (χ2v) is 14.6. The predicted molar refractivity (Wildman–Crippen MR) is 160 cm³/mol. The molecule has 0 spiro atoms. The number of hydrogen-bond acceptors (Lipinski definition) is 8. The number of halogens is 2. The summed E-state index contributed by atoms with van der Waals surface area (Å²) in [6, 6.07) is 0.901. The minimum Gasteiger partial charge on any atom is -0.389 e. The van der Waals surface area contributed by atoms with Gasteiger partial charge in [0, 0.05) is 56.3 Å². The number of β-amino-alcohol motifs (C(OH)–C–C–N with tert-alkyl or cyclic N) is 1. The molecule has 5 amide bonds. The maximum absolute atomic E-state index is 14.3. The summed E-state index contributed by atoms with van der Waals surface area (Å²) in [5, 5.41) is 15.9. The molecule has 1 aromatic carbocycles. The van der Waals surface area contributed by atoms with Crippen molar-refractivity contribution in [3.8, 4) is 0 Å². The standard InChI is InChI=1S/C28H34F2N5O9PS/c1-14(36)33-8-7-18-4-5-21(25(39)31-19-11-34(15(2)37)13-22(19)38)35(18)27(41)20(12-33)32-26(40)24-10-16-9-17(3-6-23(16)46-24)28(29,30)45(42,43)44/h3,6,9-10,18-22,38H,4-5,7-8,11-13H2,1-2H3,(H,31,39)(H,32,40)(H2,42,43,44)/t18-,19?,20?,21+,22+/m1/s1. The lowest BCUT2D eigenvalue weighted by atomic mass is 10.1. The number of hydrogen-bond donors (Lipinski definition) is 5. The van der Waals surface area contributed by atoms with Crippen LogP contribution in [0.4, 0.5) is 8.78 Å². The molecular weight excluding hydrogens is 651 g/mol. The van der Waals surface area contributed by atoms with Gasteiger partial charge in [-0.05, 0) is 42.8 Å². The van der Waals surface area contributed by atoms with E-state index in [1.807, 2.05) is 0 Å². The molecule has 0 radical (unpaired) electrons. The first-order valence-corrected chi connectivity index (χ1v) is 17.0. The molecule has 3 aliphatic rings. The van der Waals surface area contributed by atoms with Crippen LogP contribution in [0.3, 0.4) is 0 Å². The monoisotopic (exact) mass is 685 g/mol. The Morgan fingerprint density at radius 3 is 2.30 bits per heavy atom. The minimum atomic E-state index is -5.81. The largest absolute Gasteiger partial charge is 0.399 e. The van der Waals surface area contributed by atoms with Gasteiger partial charge in [-0.25, -0.2) is 0 Å². The Morgan fingerprint density at radius 1 is 0.978 bits per heavy atom. The number of carbonyl (C=O) groups excluding carboxylic acids is 5. The number of nitrogens with one attached hydrogen (secondary N) is 2. The van der Waals surface area contributed by atoms with Crippen molar-refractivity contribution in [3.05, 3.63) is 34.7 Å². The zero-order valence-corrected chi connectivity index (χ0v) is 26.6. The molecule has 250 valence electrons. The molecule has 14 nitrogen and oxygen atoms in total. The molecule has 0 saturated carbocycles. The maximum Gasteiger partial charge on any atom is 0.399 e. The van der Waals surface area contributed by atoms with E-state index < -0.39 is 66.8 Å². The summed E-state index contributed by atoms with van der Waals surface area (Å²) in [6.45, 7) is 2.95. The van der Waals surface area contributed by atoms with Gasteiger partial charge in [-0.1, -0.05) is 6.07 Å². The highest BCUT2D eigenvalue weighted by molar-refractivity contribution is 7.52. The average molecular weight is 686 g/mol. The zero-order valence-electron chi connectivity index (χ0n) is 24.9. The van der Waals surface area contributed by atoms with Crippen molar-refractivity contribution >= 4 is 58.6 Å². The van der Waals surface area contributed by atoms with E-state index in [4.69, 9.17) is 9.79 Å². The van der Waals surface area contributed by atoms with Crippen molar-refractivity contribution in [1.29, 1.82) is 0 Å². The summed E-state index contributed by atoms with van der Waals surface area (Å²) in [6.07, 6.45) is 0.184. The molecule has 5 N–H and O–H groups in total. The van der Waals surface area contributed by atoms with Gasteiger partial charge in [-0.2, -0.15) is 8.78 Å². The van der Waals surface area contributed by atoms with E-state index in [0.717, 1.165) is 23.5 Å². The molecule has 3 aliphatic heterocycles. The van der Waals surface area contributed by atoms with E-state index in [-0.39, 0.29) is 48.3 Å². The van der Waals surface area contributed by atoms with Gasteiger partial charge in [-0.3, -0.25) is 28.5 Å². The quantitative estimate of drug-likeness (QED) is 0.270. The molecule has 2 aromatic rings. The summed E-state index contributed by atoms with van der Waals surface area (Å²) in [5.41, 5.74) is -5.36. The second kappa shape index (κ2) is 12.6. The molecule has 4 heterocycles. The number of amides is 5. The summed E-state index contributed by atoms with van der Waals surface area (Å²) >= 11 is 0.911. The highest BCUT2D eigenvalue weighted by atomic mass is 32.1. The van der Waals surface area contributed by atoms with Gasteiger partial charge in [0.2, 0.25) is 23.6 Å². The van der Waals surface area contributed by atoms with E-state index >= 15 is 0 Å². The van der Waals surface area contributed by atoms with Crippen LogP contribution in [0.25, 0.3) is 10.1 Å². The molecule has 5 rings (SSSR count). The van der Waals surface area contributed by atoms with E-state index in [1.54, 1.807) is 0 Å². The van der Waals surface area contributed by atoms with Crippen molar-refractivity contribution in [2.24, 2.45) is 0 Å². The van der Waals surface area contributed by atoms with E-state index in [1.165, 1.54) is 40.7 Å². The Morgan fingerprint density at radius 2 is 1.67 bits per heavy atom. The van der Waals surface area contributed by atoms with E-state index in [0.29, 0.717) is 24.0 Å². The van der Waals surface area contributed by atoms with Crippen molar-refractivity contribution in [3.63, 3.8) is 0 Å². The van der Waals surface area contributed by atoms with Gasteiger partial charge < -0.3 is 40.2 Å². The Balaban J connectivity index is 1.37. The van der Waals surface area contributed by atoms with Crippen LogP contribution in [0, 0.1) is 0 Å². The molecule has 3 fully saturated rings. The van der Waals surface area contributed by atoms with E-state index in [9.17, 15) is 42.4 Å². The van der Waals surface area contributed by atoms with Gasteiger partial charge in [0.15, 0.2) is 0 Å².